The van der Waals surface area contributed by atoms with Crippen molar-refractivity contribution in [3.8, 4) is 0 Å². The van der Waals surface area contributed by atoms with E-state index in [1.807, 2.05) is 50.2 Å². The Kier molecular flexibility index (Phi) is 6.67. The molecule has 2 aromatic carbocycles. The zero-order valence-corrected chi connectivity index (χ0v) is 18.4. The van der Waals surface area contributed by atoms with Crippen molar-refractivity contribution in [1.29, 1.82) is 0 Å². The van der Waals surface area contributed by atoms with E-state index < -0.39 is 6.10 Å². The fourth-order valence-corrected chi connectivity index (χ4v) is 4.66. The highest BCUT2D eigenvalue weighted by molar-refractivity contribution is 6.25. The third-order valence-electron chi connectivity index (χ3n) is 6.36. The first-order valence-electron chi connectivity index (χ1n) is 11.3. The van der Waals surface area contributed by atoms with Crippen LogP contribution in [0.3, 0.4) is 0 Å². The van der Waals surface area contributed by atoms with Crippen molar-refractivity contribution >= 4 is 22.6 Å². The fourth-order valence-electron chi connectivity index (χ4n) is 4.66. The molecule has 0 unspecified atom stereocenters. The molecule has 2 aliphatic heterocycles. The molecule has 0 aromatic heterocycles. The Labute approximate surface area is 183 Å². The molecule has 0 spiro atoms. The summed E-state index contributed by atoms with van der Waals surface area (Å²) in [4.78, 5) is 30.2. The van der Waals surface area contributed by atoms with Crippen LogP contribution in [-0.4, -0.2) is 86.4 Å². The van der Waals surface area contributed by atoms with Gasteiger partial charge in [-0.25, -0.2) is 0 Å². The van der Waals surface area contributed by atoms with Crippen LogP contribution in [0.1, 0.15) is 34.6 Å². The van der Waals surface area contributed by atoms with Gasteiger partial charge in [0.15, 0.2) is 0 Å². The Morgan fingerprint density at radius 1 is 0.968 bits per heavy atom. The molecule has 0 bridgehead atoms. The predicted octanol–water partition coefficient (Wildman–Crippen LogP) is -0.995. The van der Waals surface area contributed by atoms with Crippen LogP contribution in [0.15, 0.2) is 36.4 Å². The van der Waals surface area contributed by atoms with Crippen LogP contribution in [0.2, 0.25) is 0 Å². The number of quaternary nitrogens is 2. The number of nitrogens with one attached hydrogen (secondary N) is 2. The monoisotopic (exact) mass is 427 g/mol. The topological polar surface area (TPSA) is 75.7 Å². The van der Waals surface area contributed by atoms with Gasteiger partial charge in [0, 0.05) is 16.5 Å². The average Bonchev–Trinajstić information content (AvgIpc) is 2.77. The summed E-state index contributed by atoms with van der Waals surface area (Å²) in [6.45, 7) is 10.1. The maximum atomic E-state index is 13.0. The number of carbonyl (C=O) groups is 2. The van der Waals surface area contributed by atoms with Crippen LogP contribution in [0.4, 0.5) is 0 Å². The summed E-state index contributed by atoms with van der Waals surface area (Å²) >= 11 is 0. The lowest BCUT2D eigenvalue weighted by molar-refractivity contribution is -1.01. The molecule has 31 heavy (non-hydrogen) atoms. The minimum atomic E-state index is -0.440. The molecular weight excluding hydrogens is 394 g/mol. The normalized spacial score (nSPS) is 22.4. The lowest BCUT2D eigenvalue weighted by Gasteiger charge is -2.32. The second-order valence-corrected chi connectivity index (χ2v) is 8.96. The van der Waals surface area contributed by atoms with E-state index in [2.05, 4.69) is 0 Å². The summed E-state index contributed by atoms with van der Waals surface area (Å²) in [6, 6.07) is 11.3. The number of rotatable bonds is 8. The average molecular weight is 428 g/mol. The van der Waals surface area contributed by atoms with Gasteiger partial charge >= 0.3 is 0 Å². The summed E-state index contributed by atoms with van der Waals surface area (Å²) in [6.07, 6.45) is -0.310. The number of piperazine rings is 1. The fraction of sp³-hybridized carbons (Fsp3) is 0.500. The van der Waals surface area contributed by atoms with Crippen molar-refractivity contribution in [2.24, 2.45) is 0 Å². The standard InChI is InChI=1S/C24H31N3O4/c1-17(2)31-16-19(28)15-26-11-9-25(10-12-26)13-14-27-23(29)20-7-3-5-18-6-4-8-21(22(18)20)24(27)30/h3-8,17,19,28H,9-16H2,1-2H3/p+2/t19-/m1/s1. The van der Waals surface area contributed by atoms with Gasteiger partial charge in [0.2, 0.25) is 0 Å². The first-order valence-corrected chi connectivity index (χ1v) is 11.3. The van der Waals surface area contributed by atoms with E-state index in [0.717, 1.165) is 43.5 Å². The summed E-state index contributed by atoms with van der Waals surface area (Å²) in [5.74, 6) is -0.377. The van der Waals surface area contributed by atoms with Crippen LogP contribution in [0.5, 0.6) is 0 Å². The summed E-state index contributed by atoms with van der Waals surface area (Å²) in [5, 5.41) is 11.9. The van der Waals surface area contributed by atoms with Crippen molar-refractivity contribution < 1.29 is 29.2 Å². The molecule has 2 aliphatic rings. The SMILES string of the molecule is CC(C)OC[C@H](O)C[NH+]1CC[NH+](CCN2C(=O)c3cccc4cccc(c34)C2=O)CC1. The number of imide groups is 1. The third-order valence-corrected chi connectivity index (χ3v) is 6.36. The Balaban J connectivity index is 1.31. The van der Waals surface area contributed by atoms with Crippen LogP contribution in [0.25, 0.3) is 10.8 Å². The number of benzene rings is 2. The van der Waals surface area contributed by atoms with E-state index in [-0.39, 0.29) is 17.9 Å². The molecule has 3 N–H and O–H groups in total. The zero-order valence-electron chi connectivity index (χ0n) is 18.4. The molecule has 7 nitrogen and oxygen atoms in total. The van der Waals surface area contributed by atoms with Crippen molar-refractivity contribution in [2.75, 3.05) is 52.4 Å². The molecule has 7 heteroatoms. The molecule has 1 atom stereocenters. The Bertz CT molecular complexity index is 902. The number of amides is 2. The van der Waals surface area contributed by atoms with Gasteiger partial charge in [-0.1, -0.05) is 24.3 Å². The van der Waals surface area contributed by atoms with E-state index in [0.29, 0.717) is 30.8 Å². The van der Waals surface area contributed by atoms with Crippen LogP contribution in [0, 0.1) is 0 Å². The predicted molar refractivity (Wildman–Crippen MR) is 118 cm³/mol. The molecule has 0 radical (unpaired) electrons. The first-order chi connectivity index (χ1) is 14.9. The van der Waals surface area contributed by atoms with Crippen molar-refractivity contribution in [3.05, 3.63) is 47.5 Å². The Morgan fingerprint density at radius 3 is 2.13 bits per heavy atom. The van der Waals surface area contributed by atoms with Crippen molar-refractivity contribution in [2.45, 2.75) is 26.1 Å². The van der Waals surface area contributed by atoms with Crippen LogP contribution >= 0.6 is 0 Å². The van der Waals surface area contributed by atoms with E-state index >= 15 is 0 Å². The number of hydrogen-bond donors (Lipinski definition) is 3. The van der Waals surface area contributed by atoms with Crippen LogP contribution < -0.4 is 9.80 Å². The molecule has 4 rings (SSSR count). The molecule has 2 heterocycles. The molecule has 1 fully saturated rings. The Morgan fingerprint density at radius 2 is 1.55 bits per heavy atom. The van der Waals surface area contributed by atoms with Gasteiger partial charge in [0.1, 0.15) is 38.8 Å². The van der Waals surface area contributed by atoms with Gasteiger partial charge in [-0.15, -0.1) is 0 Å². The second kappa shape index (κ2) is 9.44. The number of ether oxygens (including phenoxy) is 1. The number of aliphatic hydroxyl groups is 1. The largest absolute Gasteiger partial charge is 0.385 e. The summed E-state index contributed by atoms with van der Waals surface area (Å²) < 4.78 is 5.50. The maximum Gasteiger partial charge on any atom is 0.261 e. The molecule has 1 saturated heterocycles. The minimum absolute atomic E-state index is 0.130. The molecule has 0 aliphatic carbocycles. The summed E-state index contributed by atoms with van der Waals surface area (Å²) in [7, 11) is 0. The van der Waals surface area contributed by atoms with Crippen molar-refractivity contribution in [1.82, 2.24) is 4.90 Å². The quantitative estimate of drug-likeness (QED) is 0.473. The van der Waals surface area contributed by atoms with E-state index in [9.17, 15) is 14.7 Å². The molecule has 0 saturated carbocycles. The third kappa shape index (κ3) is 4.80. The van der Waals surface area contributed by atoms with Gasteiger partial charge in [-0.3, -0.25) is 14.5 Å². The number of carbonyl (C=O) groups excluding carboxylic acids is 2. The second-order valence-electron chi connectivity index (χ2n) is 8.96. The highest BCUT2D eigenvalue weighted by Crippen LogP contribution is 2.29. The molecular formula is C24H33N3O4+2. The first kappa shape index (κ1) is 21.9. The highest BCUT2D eigenvalue weighted by Gasteiger charge is 2.34. The number of hydrogen-bond acceptors (Lipinski definition) is 4. The van der Waals surface area contributed by atoms with Crippen molar-refractivity contribution in [3.63, 3.8) is 0 Å². The van der Waals surface area contributed by atoms with Gasteiger partial charge in [-0.2, -0.15) is 0 Å². The number of aliphatic hydroxyl groups excluding tert-OH is 1. The molecule has 2 amide bonds. The Hall–Kier alpha value is -2.32. The lowest BCUT2D eigenvalue weighted by atomic mass is 9.94. The van der Waals surface area contributed by atoms with Crippen LogP contribution in [-0.2, 0) is 4.74 Å². The van der Waals surface area contributed by atoms with E-state index in [4.69, 9.17) is 4.74 Å². The maximum absolute atomic E-state index is 13.0. The minimum Gasteiger partial charge on any atom is -0.385 e. The van der Waals surface area contributed by atoms with Gasteiger partial charge in [-0.05, 0) is 31.4 Å². The smallest absolute Gasteiger partial charge is 0.261 e. The van der Waals surface area contributed by atoms with Gasteiger partial charge < -0.3 is 19.6 Å². The lowest BCUT2D eigenvalue weighted by Crippen LogP contribution is -3.28. The zero-order chi connectivity index (χ0) is 22.0. The van der Waals surface area contributed by atoms with Gasteiger partial charge in [0.25, 0.3) is 11.8 Å². The van der Waals surface area contributed by atoms with E-state index in [1.165, 1.54) is 14.7 Å². The number of nitrogens with zero attached hydrogens (tertiary/aromatic N) is 1. The highest BCUT2D eigenvalue weighted by atomic mass is 16.5. The molecule has 166 valence electrons. The van der Waals surface area contributed by atoms with Gasteiger partial charge in [0.05, 0.1) is 25.8 Å². The molecule has 2 aromatic rings. The summed E-state index contributed by atoms with van der Waals surface area (Å²) in [5.41, 5.74) is 1.24. The van der Waals surface area contributed by atoms with E-state index in [1.54, 1.807) is 0 Å².